The minimum atomic E-state index is -0.334. The van der Waals surface area contributed by atoms with Crippen LogP contribution in [0.2, 0.25) is 0 Å². The summed E-state index contributed by atoms with van der Waals surface area (Å²) in [5.41, 5.74) is 4.26. The van der Waals surface area contributed by atoms with Crippen LogP contribution in [0.3, 0.4) is 0 Å². The van der Waals surface area contributed by atoms with E-state index < -0.39 is 0 Å². The lowest BCUT2D eigenvalue weighted by atomic mass is 10.2. The van der Waals surface area contributed by atoms with Crippen molar-refractivity contribution in [3.63, 3.8) is 0 Å². The molecule has 7 heteroatoms. The Labute approximate surface area is 107 Å². The van der Waals surface area contributed by atoms with Crippen LogP contribution < -0.4 is 11.0 Å². The number of hydrogen-bond acceptors (Lipinski definition) is 5. The fourth-order valence-electron chi connectivity index (χ4n) is 1.73. The molecular weight excluding hydrogens is 244 g/mol. The van der Waals surface area contributed by atoms with Gasteiger partial charge in [0.25, 0.3) is 5.56 Å². The number of fused-ring (bicyclic) bond motifs is 1. The summed E-state index contributed by atoms with van der Waals surface area (Å²) in [6, 6.07) is 7.90. The Morgan fingerprint density at radius 1 is 1.32 bits per heavy atom. The third-order valence-corrected chi connectivity index (χ3v) is 2.57. The summed E-state index contributed by atoms with van der Waals surface area (Å²) >= 11 is 0. The molecule has 0 saturated carbocycles. The Kier molecular flexibility index (Phi) is 2.77. The maximum atomic E-state index is 11.0. The molecule has 0 amide bonds. The topological polar surface area (TPSA) is 98.8 Å². The molecular formula is C12H10N6O. The van der Waals surface area contributed by atoms with Crippen molar-refractivity contribution in [2.45, 2.75) is 0 Å². The van der Waals surface area contributed by atoms with E-state index in [1.807, 2.05) is 30.5 Å². The number of para-hydroxylation sites is 1. The fourth-order valence-corrected chi connectivity index (χ4v) is 1.73. The SMILES string of the molecule is O=c1cnnc(NN=Cc2c[nH]c3ccccc23)[nH]1. The number of aromatic nitrogens is 4. The van der Waals surface area contributed by atoms with Crippen LogP contribution in [-0.4, -0.2) is 26.4 Å². The first-order valence-electron chi connectivity index (χ1n) is 5.60. The second-order valence-electron chi connectivity index (χ2n) is 3.84. The lowest BCUT2D eigenvalue weighted by Crippen LogP contribution is -2.10. The maximum absolute atomic E-state index is 11.0. The van der Waals surface area contributed by atoms with Crippen LogP contribution in [-0.2, 0) is 0 Å². The van der Waals surface area contributed by atoms with Crippen molar-refractivity contribution < 1.29 is 0 Å². The summed E-state index contributed by atoms with van der Waals surface area (Å²) in [6.07, 6.45) is 4.59. The number of benzene rings is 1. The highest BCUT2D eigenvalue weighted by molar-refractivity contribution is 5.99. The Morgan fingerprint density at radius 2 is 2.21 bits per heavy atom. The number of nitrogens with zero attached hydrogens (tertiary/aromatic N) is 3. The van der Waals surface area contributed by atoms with Crippen LogP contribution >= 0.6 is 0 Å². The molecule has 0 aliphatic heterocycles. The maximum Gasteiger partial charge on any atom is 0.271 e. The molecule has 3 rings (SSSR count). The third-order valence-electron chi connectivity index (χ3n) is 2.57. The molecule has 0 fully saturated rings. The summed E-state index contributed by atoms with van der Waals surface area (Å²) in [4.78, 5) is 16.6. The van der Waals surface area contributed by atoms with Gasteiger partial charge in [0.2, 0.25) is 5.95 Å². The average molecular weight is 254 g/mol. The molecule has 0 saturated heterocycles. The van der Waals surface area contributed by atoms with E-state index in [4.69, 9.17) is 0 Å². The molecule has 0 spiro atoms. The van der Waals surface area contributed by atoms with Crippen molar-refractivity contribution in [1.82, 2.24) is 20.2 Å². The van der Waals surface area contributed by atoms with Gasteiger partial charge in [-0.05, 0) is 6.07 Å². The lowest BCUT2D eigenvalue weighted by molar-refractivity contribution is 0.939. The first-order chi connectivity index (χ1) is 9.33. The normalized spacial score (nSPS) is 11.2. The average Bonchev–Trinajstić information content (AvgIpc) is 2.83. The molecule has 2 heterocycles. The quantitative estimate of drug-likeness (QED) is 0.481. The highest BCUT2D eigenvalue weighted by atomic mass is 16.1. The highest BCUT2D eigenvalue weighted by Gasteiger charge is 1.99. The second-order valence-corrected chi connectivity index (χ2v) is 3.84. The van der Waals surface area contributed by atoms with Gasteiger partial charge in [0.15, 0.2) is 0 Å². The molecule has 0 bridgehead atoms. The number of hydrogen-bond donors (Lipinski definition) is 3. The van der Waals surface area contributed by atoms with Crippen molar-refractivity contribution in [1.29, 1.82) is 0 Å². The van der Waals surface area contributed by atoms with E-state index >= 15 is 0 Å². The van der Waals surface area contributed by atoms with Crippen molar-refractivity contribution in [2.75, 3.05) is 5.43 Å². The molecule has 0 aliphatic carbocycles. The van der Waals surface area contributed by atoms with E-state index in [2.05, 4.69) is 30.7 Å². The van der Waals surface area contributed by atoms with E-state index in [1.165, 1.54) is 0 Å². The van der Waals surface area contributed by atoms with Gasteiger partial charge in [0.05, 0.1) is 6.21 Å². The summed E-state index contributed by atoms with van der Waals surface area (Å²) < 4.78 is 0. The number of H-pyrrole nitrogens is 2. The predicted molar refractivity (Wildman–Crippen MR) is 72.2 cm³/mol. The van der Waals surface area contributed by atoms with Crippen LogP contribution in [0.15, 0.2) is 46.6 Å². The molecule has 2 aromatic heterocycles. The molecule has 0 unspecified atom stereocenters. The van der Waals surface area contributed by atoms with Gasteiger partial charge in [-0.2, -0.15) is 5.10 Å². The van der Waals surface area contributed by atoms with Crippen LogP contribution in [0.25, 0.3) is 10.9 Å². The number of nitrogens with one attached hydrogen (secondary N) is 3. The largest absolute Gasteiger partial charge is 0.361 e. The Bertz CT molecular complexity index is 788. The van der Waals surface area contributed by atoms with E-state index in [-0.39, 0.29) is 11.5 Å². The van der Waals surface area contributed by atoms with Gasteiger partial charge in [0.1, 0.15) is 6.20 Å². The third kappa shape index (κ3) is 2.34. The Morgan fingerprint density at radius 3 is 3.11 bits per heavy atom. The molecule has 0 radical (unpaired) electrons. The van der Waals surface area contributed by atoms with Gasteiger partial charge in [0, 0.05) is 22.7 Å². The zero-order valence-electron chi connectivity index (χ0n) is 9.79. The minimum absolute atomic E-state index is 0.198. The summed E-state index contributed by atoms with van der Waals surface area (Å²) in [6.45, 7) is 0. The highest BCUT2D eigenvalue weighted by Crippen LogP contribution is 2.15. The predicted octanol–water partition coefficient (Wildman–Crippen LogP) is 1.09. The zero-order valence-corrected chi connectivity index (χ0v) is 9.79. The van der Waals surface area contributed by atoms with Crippen LogP contribution in [0.4, 0.5) is 5.95 Å². The second kappa shape index (κ2) is 4.73. The van der Waals surface area contributed by atoms with Crippen molar-refractivity contribution in [3.05, 3.63) is 52.6 Å². The lowest BCUT2D eigenvalue weighted by Gasteiger charge is -1.95. The first kappa shape index (κ1) is 11.1. The molecule has 1 aromatic carbocycles. The molecule has 7 nitrogen and oxygen atoms in total. The number of aromatic amines is 2. The first-order valence-corrected chi connectivity index (χ1v) is 5.60. The van der Waals surface area contributed by atoms with Gasteiger partial charge in [-0.1, -0.05) is 18.2 Å². The monoisotopic (exact) mass is 254 g/mol. The summed E-state index contributed by atoms with van der Waals surface area (Å²) in [5.74, 6) is 0.198. The van der Waals surface area contributed by atoms with Gasteiger partial charge >= 0.3 is 0 Å². The van der Waals surface area contributed by atoms with Crippen molar-refractivity contribution >= 4 is 23.1 Å². The standard InChI is InChI=1S/C12H10N6O/c19-11-7-15-18-12(16-11)17-14-6-8-5-13-10-4-2-1-3-9(8)10/h1-7,13H,(H2,16,17,18,19). The fraction of sp³-hybridized carbons (Fsp3) is 0. The van der Waals surface area contributed by atoms with Crippen LogP contribution in [0, 0.1) is 0 Å². The van der Waals surface area contributed by atoms with Gasteiger partial charge in [-0.3, -0.25) is 9.78 Å². The van der Waals surface area contributed by atoms with Crippen LogP contribution in [0.5, 0.6) is 0 Å². The molecule has 3 N–H and O–H groups in total. The minimum Gasteiger partial charge on any atom is -0.361 e. The molecule has 0 atom stereocenters. The zero-order chi connectivity index (χ0) is 13.1. The number of anilines is 1. The molecule has 19 heavy (non-hydrogen) atoms. The molecule has 94 valence electrons. The van der Waals surface area contributed by atoms with Crippen LogP contribution in [0.1, 0.15) is 5.56 Å². The molecule has 3 aromatic rings. The Balaban J connectivity index is 1.81. The number of hydrazone groups is 1. The van der Waals surface area contributed by atoms with Gasteiger partial charge < -0.3 is 4.98 Å². The van der Waals surface area contributed by atoms with E-state index in [1.54, 1.807) is 6.21 Å². The Hall–Kier alpha value is -2.96. The van der Waals surface area contributed by atoms with Gasteiger partial charge in [-0.15, -0.1) is 10.2 Å². The van der Waals surface area contributed by atoms with E-state index in [9.17, 15) is 4.79 Å². The van der Waals surface area contributed by atoms with Crippen molar-refractivity contribution in [3.8, 4) is 0 Å². The number of rotatable bonds is 3. The summed E-state index contributed by atoms with van der Waals surface area (Å²) in [5, 5.41) is 12.3. The van der Waals surface area contributed by atoms with E-state index in [0.717, 1.165) is 22.7 Å². The van der Waals surface area contributed by atoms with Crippen molar-refractivity contribution in [2.24, 2.45) is 5.10 Å². The molecule has 0 aliphatic rings. The summed E-state index contributed by atoms with van der Waals surface area (Å²) in [7, 11) is 0. The van der Waals surface area contributed by atoms with E-state index in [0.29, 0.717) is 0 Å². The smallest absolute Gasteiger partial charge is 0.271 e. The van der Waals surface area contributed by atoms with Gasteiger partial charge in [-0.25, -0.2) is 5.43 Å².